The van der Waals surface area contributed by atoms with Crippen molar-refractivity contribution in [1.29, 1.82) is 0 Å². The van der Waals surface area contributed by atoms with Gasteiger partial charge in [-0.1, -0.05) is 40.9 Å². The number of hydrogen-bond acceptors (Lipinski definition) is 4. The van der Waals surface area contributed by atoms with Gasteiger partial charge in [0.15, 0.2) is 6.61 Å². The van der Waals surface area contributed by atoms with Gasteiger partial charge < -0.3 is 10.1 Å². The van der Waals surface area contributed by atoms with Gasteiger partial charge in [0.2, 0.25) is 0 Å². The molecule has 3 aromatic rings. The van der Waals surface area contributed by atoms with Crippen LogP contribution >= 0.6 is 23.2 Å². The average molecular weight is 479 g/mol. The summed E-state index contributed by atoms with van der Waals surface area (Å²) in [6.45, 7) is 3.34. The van der Waals surface area contributed by atoms with Gasteiger partial charge in [0, 0.05) is 10.7 Å². The van der Waals surface area contributed by atoms with Gasteiger partial charge in [-0.3, -0.25) is 9.52 Å². The molecule has 0 unspecified atom stereocenters. The van der Waals surface area contributed by atoms with E-state index in [9.17, 15) is 13.2 Å². The van der Waals surface area contributed by atoms with Gasteiger partial charge in [-0.15, -0.1) is 0 Å². The molecule has 162 valence electrons. The zero-order chi connectivity index (χ0) is 22.6. The van der Waals surface area contributed by atoms with E-state index in [1.54, 1.807) is 31.2 Å². The van der Waals surface area contributed by atoms with E-state index in [4.69, 9.17) is 27.9 Å². The van der Waals surface area contributed by atoms with Crippen molar-refractivity contribution in [2.45, 2.75) is 18.7 Å². The molecule has 0 heterocycles. The largest absolute Gasteiger partial charge is 0.483 e. The van der Waals surface area contributed by atoms with Gasteiger partial charge in [0.1, 0.15) is 5.75 Å². The highest BCUT2D eigenvalue weighted by atomic mass is 35.5. The minimum atomic E-state index is -3.76. The van der Waals surface area contributed by atoms with Crippen LogP contribution in [0.4, 0.5) is 11.4 Å². The molecular formula is C22H20Cl2N2O4S. The summed E-state index contributed by atoms with van der Waals surface area (Å²) >= 11 is 11.9. The number of benzene rings is 3. The standard InChI is InChI=1S/C22H20Cl2N2O4S/c1-14-3-6-17(7-4-14)26-31(28,29)18-8-10-21(15(2)11-18)30-13-22(27)25-20-12-16(23)5-9-19(20)24/h3-12,26H,13H2,1-2H3,(H,25,27). The van der Waals surface area contributed by atoms with Crippen LogP contribution in [0.2, 0.25) is 10.0 Å². The molecule has 0 saturated heterocycles. The maximum absolute atomic E-state index is 12.6. The summed E-state index contributed by atoms with van der Waals surface area (Å²) in [4.78, 5) is 12.3. The summed E-state index contributed by atoms with van der Waals surface area (Å²) in [5.74, 6) is -0.0390. The van der Waals surface area contributed by atoms with Gasteiger partial charge in [-0.05, 0) is 67.9 Å². The molecule has 3 rings (SSSR count). The van der Waals surface area contributed by atoms with E-state index in [1.807, 2.05) is 19.1 Å². The number of carbonyl (C=O) groups excluding carboxylic acids is 1. The normalized spacial score (nSPS) is 11.1. The summed E-state index contributed by atoms with van der Waals surface area (Å²) in [7, 11) is -3.76. The molecule has 0 aliphatic rings. The third-order valence-electron chi connectivity index (χ3n) is 4.32. The minimum absolute atomic E-state index is 0.0908. The third kappa shape index (κ3) is 6.13. The van der Waals surface area contributed by atoms with Crippen molar-refractivity contribution in [2.24, 2.45) is 0 Å². The van der Waals surface area contributed by atoms with Gasteiger partial charge >= 0.3 is 0 Å². The van der Waals surface area contributed by atoms with Crippen LogP contribution in [0.25, 0.3) is 0 Å². The Labute approximate surface area is 191 Å². The Bertz CT molecular complexity index is 1210. The van der Waals surface area contributed by atoms with Crippen LogP contribution in [0.3, 0.4) is 0 Å². The topological polar surface area (TPSA) is 84.5 Å². The Hall–Kier alpha value is -2.74. The fourth-order valence-corrected chi connectivity index (χ4v) is 4.19. The summed E-state index contributed by atoms with van der Waals surface area (Å²) in [6, 6.07) is 16.2. The lowest BCUT2D eigenvalue weighted by molar-refractivity contribution is -0.118. The third-order valence-corrected chi connectivity index (χ3v) is 6.27. The van der Waals surface area contributed by atoms with Crippen LogP contribution in [-0.2, 0) is 14.8 Å². The Morgan fingerprint density at radius 1 is 0.968 bits per heavy atom. The molecular weight excluding hydrogens is 459 g/mol. The van der Waals surface area contributed by atoms with Crippen molar-refractivity contribution >= 4 is 50.5 Å². The number of aryl methyl sites for hydroxylation is 2. The quantitative estimate of drug-likeness (QED) is 0.474. The Morgan fingerprint density at radius 2 is 1.68 bits per heavy atom. The molecule has 0 spiro atoms. The number of hydrogen-bond donors (Lipinski definition) is 2. The zero-order valence-electron chi connectivity index (χ0n) is 16.8. The maximum Gasteiger partial charge on any atom is 0.262 e. The molecule has 0 fully saturated rings. The molecule has 1 amide bonds. The Kier molecular flexibility index (Phi) is 7.10. The van der Waals surface area contributed by atoms with Crippen LogP contribution in [0.1, 0.15) is 11.1 Å². The van der Waals surface area contributed by atoms with E-state index in [2.05, 4.69) is 10.0 Å². The second-order valence-electron chi connectivity index (χ2n) is 6.86. The number of amides is 1. The molecule has 31 heavy (non-hydrogen) atoms. The maximum atomic E-state index is 12.6. The lowest BCUT2D eigenvalue weighted by Gasteiger charge is -2.13. The molecule has 0 aromatic heterocycles. The predicted molar refractivity (Wildman–Crippen MR) is 124 cm³/mol. The summed E-state index contributed by atoms with van der Waals surface area (Å²) in [5.41, 5.74) is 2.45. The zero-order valence-corrected chi connectivity index (χ0v) is 19.1. The second kappa shape index (κ2) is 9.60. The summed E-state index contributed by atoms with van der Waals surface area (Å²) in [5, 5.41) is 3.41. The van der Waals surface area contributed by atoms with Gasteiger partial charge in [0.25, 0.3) is 15.9 Å². The Balaban J connectivity index is 1.65. The summed E-state index contributed by atoms with van der Waals surface area (Å²) < 4.78 is 33.4. The average Bonchev–Trinajstić information content (AvgIpc) is 2.71. The van der Waals surface area contributed by atoms with Crippen LogP contribution < -0.4 is 14.8 Å². The smallest absolute Gasteiger partial charge is 0.262 e. The van der Waals surface area contributed by atoms with E-state index in [1.165, 1.54) is 24.3 Å². The molecule has 0 saturated carbocycles. The monoisotopic (exact) mass is 478 g/mol. The number of nitrogens with one attached hydrogen (secondary N) is 2. The first-order valence-corrected chi connectivity index (χ1v) is 11.5. The fourth-order valence-electron chi connectivity index (χ4n) is 2.71. The Morgan fingerprint density at radius 3 is 2.35 bits per heavy atom. The van der Waals surface area contributed by atoms with Crippen molar-refractivity contribution < 1.29 is 17.9 Å². The highest BCUT2D eigenvalue weighted by molar-refractivity contribution is 7.92. The van der Waals surface area contributed by atoms with Crippen molar-refractivity contribution in [3.05, 3.63) is 81.8 Å². The number of rotatable bonds is 7. The number of sulfonamides is 1. The molecule has 0 aliphatic heterocycles. The van der Waals surface area contributed by atoms with Crippen molar-refractivity contribution in [3.8, 4) is 5.75 Å². The lowest BCUT2D eigenvalue weighted by atomic mass is 10.2. The molecule has 0 bridgehead atoms. The van der Waals surface area contributed by atoms with E-state index in [-0.39, 0.29) is 11.5 Å². The molecule has 3 aromatic carbocycles. The van der Waals surface area contributed by atoms with E-state index >= 15 is 0 Å². The van der Waals surface area contributed by atoms with Crippen molar-refractivity contribution in [3.63, 3.8) is 0 Å². The first-order valence-electron chi connectivity index (χ1n) is 9.22. The van der Waals surface area contributed by atoms with Gasteiger partial charge in [-0.2, -0.15) is 0 Å². The van der Waals surface area contributed by atoms with Crippen molar-refractivity contribution in [1.82, 2.24) is 0 Å². The molecule has 6 nitrogen and oxygen atoms in total. The number of anilines is 2. The van der Waals surface area contributed by atoms with Crippen LogP contribution in [0.5, 0.6) is 5.75 Å². The summed E-state index contributed by atoms with van der Waals surface area (Å²) in [6.07, 6.45) is 0. The first-order chi connectivity index (χ1) is 14.6. The van der Waals surface area contributed by atoms with E-state index in [0.717, 1.165) is 5.56 Å². The predicted octanol–water partition coefficient (Wildman–Crippen LogP) is 5.43. The molecule has 0 aliphatic carbocycles. The number of ether oxygens (including phenoxy) is 1. The SMILES string of the molecule is Cc1ccc(NS(=O)(=O)c2ccc(OCC(=O)Nc3cc(Cl)ccc3Cl)c(C)c2)cc1. The number of halogens is 2. The molecule has 0 radical (unpaired) electrons. The van der Waals surface area contributed by atoms with E-state index in [0.29, 0.717) is 32.7 Å². The van der Waals surface area contributed by atoms with Gasteiger partial charge in [-0.25, -0.2) is 8.42 Å². The molecule has 0 atom stereocenters. The first kappa shape index (κ1) is 22.9. The van der Waals surface area contributed by atoms with Crippen LogP contribution in [0.15, 0.2) is 65.6 Å². The lowest BCUT2D eigenvalue weighted by Crippen LogP contribution is -2.20. The van der Waals surface area contributed by atoms with Crippen LogP contribution in [-0.4, -0.2) is 20.9 Å². The van der Waals surface area contributed by atoms with E-state index < -0.39 is 15.9 Å². The van der Waals surface area contributed by atoms with Gasteiger partial charge in [0.05, 0.1) is 15.6 Å². The highest BCUT2D eigenvalue weighted by Gasteiger charge is 2.16. The highest BCUT2D eigenvalue weighted by Crippen LogP contribution is 2.26. The molecule has 2 N–H and O–H groups in total. The van der Waals surface area contributed by atoms with Crippen LogP contribution in [0, 0.1) is 13.8 Å². The minimum Gasteiger partial charge on any atom is -0.483 e. The number of carbonyl (C=O) groups is 1. The van der Waals surface area contributed by atoms with Crippen molar-refractivity contribution in [2.75, 3.05) is 16.6 Å². The molecule has 9 heteroatoms. The fraction of sp³-hybridized carbons (Fsp3) is 0.136. The second-order valence-corrected chi connectivity index (χ2v) is 9.39.